The van der Waals surface area contributed by atoms with E-state index in [1.807, 2.05) is 0 Å². The number of carboxylic acid groups (broad SMARTS) is 1. The van der Waals surface area contributed by atoms with E-state index in [-0.39, 0.29) is 18.1 Å². The van der Waals surface area contributed by atoms with Crippen molar-refractivity contribution in [3.8, 4) is 11.5 Å². The maximum atomic E-state index is 12.3. The number of amides is 1. The summed E-state index contributed by atoms with van der Waals surface area (Å²) in [4.78, 5) is 27.0. The number of methoxy groups -OCH3 is 1. The molecular formula is C18H22N2O5S. The second-order valence-corrected chi connectivity index (χ2v) is 6.95. The highest BCUT2D eigenvalue weighted by Crippen LogP contribution is 2.28. The predicted molar refractivity (Wildman–Crippen MR) is 98.2 cm³/mol. The van der Waals surface area contributed by atoms with E-state index < -0.39 is 5.97 Å². The second kappa shape index (κ2) is 9.19. The SMILES string of the molecule is COc1cc(C(=O)NCc2nc(C(=O)O)cs2)ccc1OCCC(C)C. The molecule has 0 aliphatic carbocycles. The molecule has 0 spiro atoms. The van der Waals surface area contributed by atoms with Gasteiger partial charge in [0, 0.05) is 10.9 Å². The fraction of sp³-hybridized carbons (Fsp3) is 0.389. The van der Waals surface area contributed by atoms with Gasteiger partial charge in [0.15, 0.2) is 17.2 Å². The van der Waals surface area contributed by atoms with Crippen LogP contribution in [0.3, 0.4) is 0 Å². The van der Waals surface area contributed by atoms with Crippen LogP contribution in [0.2, 0.25) is 0 Å². The number of carbonyl (C=O) groups is 2. The number of aromatic carboxylic acids is 1. The van der Waals surface area contributed by atoms with Crippen molar-refractivity contribution in [3.05, 3.63) is 39.8 Å². The molecule has 0 saturated carbocycles. The molecule has 1 amide bonds. The van der Waals surface area contributed by atoms with Crippen LogP contribution < -0.4 is 14.8 Å². The molecule has 2 rings (SSSR count). The van der Waals surface area contributed by atoms with Crippen LogP contribution in [0, 0.1) is 5.92 Å². The van der Waals surface area contributed by atoms with Crippen LogP contribution in [0.4, 0.5) is 0 Å². The fourth-order valence-electron chi connectivity index (χ4n) is 2.08. The first kappa shape index (κ1) is 19.7. The Hall–Kier alpha value is -2.61. The van der Waals surface area contributed by atoms with E-state index in [0.29, 0.717) is 34.6 Å². The average molecular weight is 378 g/mol. The van der Waals surface area contributed by atoms with Crippen molar-refractivity contribution in [3.63, 3.8) is 0 Å². The molecule has 0 radical (unpaired) electrons. The monoisotopic (exact) mass is 378 g/mol. The zero-order valence-electron chi connectivity index (χ0n) is 14.9. The average Bonchev–Trinajstić information content (AvgIpc) is 3.09. The number of nitrogens with zero attached hydrogens (tertiary/aromatic N) is 1. The van der Waals surface area contributed by atoms with Crippen molar-refractivity contribution in [2.24, 2.45) is 5.92 Å². The van der Waals surface area contributed by atoms with Crippen molar-refractivity contribution in [2.75, 3.05) is 13.7 Å². The number of thiazole rings is 1. The molecule has 140 valence electrons. The van der Waals surface area contributed by atoms with Crippen LogP contribution in [0.1, 0.15) is 46.1 Å². The fourth-order valence-corrected chi connectivity index (χ4v) is 2.79. The van der Waals surface area contributed by atoms with Gasteiger partial charge in [-0.25, -0.2) is 9.78 Å². The molecule has 0 saturated heterocycles. The van der Waals surface area contributed by atoms with Gasteiger partial charge >= 0.3 is 5.97 Å². The van der Waals surface area contributed by atoms with Crippen LogP contribution in [0.15, 0.2) is 23.6 Å². The second-order valence-electron chi connectivity index (χ2n) is 6.01. The summed E-state index contributed by atoms with van der Waals surface area (Å²) < 4.78 is 11.0. The van der Waals surface area contributed by atoms with Gasteiger partial charge in [-0.05, 0) is 30.5 Å². The van der Waals surface area contributed by atoms with E-state index in [2.05, 4.69) is 24.1 Å². The lowest BCUT2D eigenvalue weighted by molar-refractivity contribution is 0.0691. The summed E-state index contributed by atoms with van der Waals surface area (Å²) in [6, 6.07) is 4.98. The Kier molecular flexibility index (Phi) is 6.97. The van der Waals surface area contributed by atoms with Crippen molar-refractivity contribution in [1.29, 1.82) is 0 Å². The van der Waals surface area contributed by atoms with E-state index in [0.717, 1.165) is 6.42 Å². The van der Waals surface area contributed by atoms with Crippen LogP contribution in [-0.2, 0) is 6.54 Å². The topological polar surface area (TPSA) is 97.8 Å². The van der Waals surface area contributed by atoms with Gasteiger partial charge in [-0.3, -0.25) is 4.79 Å². The minimum absolute atomic E-state index is 0.0242. The first-order valence-electron chi connectivity index (χ1n) is 8.17. The quantitative estimate of drug-likeness (QED) is 0.695. The summed E-state index contributed by atoms with van der Waals surface area (Å²) in [6.07, 6.45) is 0.928. The van der Waals surface area contributed by atoms with Gasteiger partial charge in [0.25, 0.3) is 5.91 Å². The number of rotatable bonds is 9. The summed E-state index contributed by atoms with van der Waals surface area (Å²) in [6.45, 7) is 4.98. The molecule has 1 aromatic heterocycles. The number of ether oxygens (including phenoxy) is 2. The Morgan fingerprint density at radius 1 is 1.31 bits per heavy atom. The van der Waals surface area contributed by atoms with Crippen LogP contribution in [0.5, 0.6) is 11.5 Å². The minimum atomic E-state index is -1.09. The summed E-state index contributed by atoms with van der Waals surface area (Å²) in [7, 11) is 1.52. The Balaban J connectivity index is 1.98. The van der Waals surface area contributed by atoms with Crippen molar-refractivity contribution in [2.45, 2.75) is 26.8 Å². The Labute approximate surface area is 156 Å². The number of hydrogen-bond acceptors (Lipinski definition) is 6. The van der Waals surface area contributed by atoms with Crippen LogP contribution in [-0.4, -0.2) is 35.7 Å². The molecule has 2 N–H and O–H groups in total. The molecule has 7 nitrogen and oxygen atoms in total. The van der Waals surface area contributed by atoms with E-state index in [4.69, 9.17) is 14.6 Å². The molecule has 0 atom stereocenters. The highest BCUT2D eigenvalue weighted by atomic mass is 32.1. The first-order chi connectivity index (χ1) is 12.4. The molecular weight excluding hydrogens is 356 g/mol. The number of hydrogen-bond donors (Lipinski definition) is 2. The molecule has 0 fully saturated rings. The minimum Gasteiger partial charge on any atom is -0.493 e. The van der Waals surface area contributed by atoms with E-state index in [1.165, 1.54) is 23.8 Å². The van der Waals surface area contributed by atoms with Gasteiger partial charge in [0.1, 0.15) is 5.01 Å². The van der Waals surface area contributed by atoms with Crippen molar-refractivity contribution < 1.29 is 24.2 Å². The van der Waals surface area contributed by atoms with E-state index >= 15 is 0 Å². The molecule has 0 unspecified atom stereocenters. The normalized spacial score (nSPS) is 10.6. The van der Waals surface area contributed by atoms with Gasteiger partial charge in [0.2, 0.25) is 0 Å². The Bertz CT molecular complexity index is 773. The molecule has 0 aliphatic heterocycles. The smallest absolute Gasteiger partial charge is 0.355 e. The summed E-state index contributed by atoms with van der Waals surface area (Å²) in [5.74, 6) is 0.235. The van der Waals surface area contributed by atoms with E-state index in [1.54, 1.807) is 18.2 Å². The number of benzene rings is 1. The lowest BCUT2D eigenvalue weighted by Crippen LogP contribution is -2.22. The molecule has 1 aromatic carbocycles. The van der Waals surface area contributed by atoms with Crippen LogP contribution in [0.25, 0.3) is 0 Å². The van der Waals surface area contributed by atoms with E-state index in [9.17, 15) is 9.59 Å². The standard InChI is InChI=1S/C18H22N2O5S/c1-11(2)6-7-25-14-5-4-12(8-15(14)24-3)17(21)19-9-16-20-13(10-26-16)18(22)23/h4-5,8,10-11H,6-7,9H2,1-3H3,(H,19,21)(H,22,23). The molecule has 0 bridgehead atoms. The molecule has 0 aliphatic rings. The van der Waals surface area contributed by atoms with Gasteiger partial charge in [0.05, 0.1) is 20.3 Å². The zero-order valence-corrected chi connectivity index (χ0v) is 15.8. The first-order valence-corrected chi connectivity index (χ1v) is 9.05. The Morgan fingerprint density at radius 3 is 2.69 bits per heavy atom. The maximum Gasteiger partial charge on any atom is 0.355 e. The molecule has 2 aromatic rings. The molecule has 1 heterocycles. The number of carboxylic acids is 1. The molecule has 8 heteroatoms. The maximum absolute atomic E-state index is 12.3. The van der Waals surface area contributed by atoms with Gasteiger partial charge < -0.3 is 19.9 Å². The third-order valence-electron chi connectivity index (χ3n) is 3.55. The summed E-state index contributed by atoms with van der Waals surface area (Å²) in [5.41, 5.74) is 0.400. The van der Waals surface area contributed by atoms with Gasteiger partial charge in [-0.15, -0.1) is 11.3 Å². The summed E-state index contributed by atoms with van der Waals surface area (Å²) in [5, 5.41) is 13.5. The van der Waals surface area contributed by atoms with Gasteiger partial charge in [-0.2, -0.15) is 0 Å². The lowest BCUT2D eigenvalue weighted by atomic mass is 10.1. The summed E-state index contributed by atoms with van der Waals surface area (Å²) >= 11 is 1.19. The highest BCUT2D eigenvalue weighted by Gasteiger charge is 2.13. The third kappa shape index (κ3) is 5.45. The van der Waals surface area contributed by atoms with Crippen molar-refractivity contribution >= 4 is 23.2 Å². The number of aromatic nitrogens is 1. The Morgan fingerprint density at radius 2 is 2.08 bits per heavy atom. The zero-order chi connectivity index (χ0) is 19.1. The van der Waals surface area contributed by atoms with Gasteiger partial charge in [-0.1, -0.05) is 13.8 Å². The molecule has 26 heavy (non-hydrogen) atoms. The predicted octanol–water partition coefficient (Wildman–Crippen LogP) is 3.20. The lowest BCUT2D eigenvalue weighted by Gasteiger charge is -2.13. The number of carbonyl (C=O) groups excluding carboxylic acids is 1. The highest BCUT2D eigenvalue weighted by molar-refractivity contribution is 7.09. The van der Waals surface area contributed by atoms with Crippen LogP contribution >= 0.6 is 11.3 Å². The van der Waals surface area contributed by atoms with Crippen molar-refractivity contribution in [1.82, 2.24) is 10.3 Å². The number of nitrogens with one attached hydrogen (secondary N) is 1. The third-order valence-corrected chi connectivity index (χ3v) is 4.40. The largest absolute Gasteiger partial charge is 0.493 e.